The highest BCUT2D eigenvalue weighted by molar-refractivity contribution is 7.71. The lowest BCUT2D eigenvalue weighted by molar-refractivity contribution is 0.522. The van der Waals surface area contributed by atoms with Gasteiger partial charge in [0.1, 0.15) is 6.67 Å². The molecule has 1 aromatic heterocycles. The predicted octanol–water partition coefficient (Wildman–Crippen LogP) is 5.86. The van der Waals surface area contributed by atoms with Crippen LogP contribution in [0.25, 0.3) is 11.5 Å². The number of benzene rings is 2. The zero-order valence-corrected chi connectivity index (χ0v) is 16.8. The molecule has 0 bridgehead atoms. The van der Waals surface area contributed by atoms with Gasteiger partial charge < -0.3 is 9.73 Å². The Labute approximate surface area is 159 Å². The predicted molar refractivity (Wildman–Crippen MR) is 109 cm³/mol. The van der Waals surface area contributed by atoms with E-state index in [1.165, 1.54) is 16.7 Å². The minimum atomic E-state index is 0.119. The number of hydrogen-bond donors (Lipinski definition) is 1. The quantitative estimate of drug-likeness (QED) is 0.587. The minimum Gasteiger partial charge on any atom is -0.409 e. The van der Waals surface area contributed by atoms with Crippen molar-refractivity contribution in [2.45, 2.75) is 46.7 Å². The summed E-state index contributed by atoms with van der Waals surface area (Å²) in [5, 5.41) is 7.85. The van der Waals surface area contributed by atoms with Crippen LogP contribution in [0.4, 0.5) is 5.69 Å². The molecule has 0 spiro atoms. The fourth-order valence-corrected chi connectivity index (χ4v) is 2.84. The lowest BCUT2D eigenvalue weighted by Crippen LogP contribution is -2.10. The van der Waals surface area contributed by atoms with Crippen molar-refractivity contribution in [1.82, 2.24) is 9.78 Å². The molecule has 0 radical (unpaired) electrons. The number of hydrogen-bond acceptors (Lipinski definition) is 4. The maximum atomic E-state index is 5.68. The second-order valence-electron chi connectivity index (χ2n) is 7.63. The molecule has 1 N–H and O–H groups in total. The highest BCUT2D eigenvalue weighted by atomic mass is 32.1. The van der Waals surface area contributed by atoms with Gasteiger partial charge in [-0.3, -0.25) is 0 Å². The van der Waals surface area contributed by atoms with Gasteiger partial charge in [0.15, 0.2) is 0 Å². The highest BCUT2D eigenvalue weighted by Gasteiger charge is 2.14. The number of nitrogens with zero attached hydrogens (tertiary/aromatic N) is 2. The van der Waals surface area contributed by atoms with E-state index in [-0.39, 0.29) is 5.41 Å². The monoisotopic (exact) mass is 367 g/mol. The smallest absolute Gasteiger partial charge is 0.289 e. The van der Waals surface area contributed by atoms with Gasteiger partial charge in [0.05, 0.1) is 0 Å². The van der Waals surface area contributed by atoms with Crippen LogP contribution in [0.3, 0.4) is 0 Å². The average molecular weight is 368 g/mol. The van der Waals surface area contributed by atoms with Crippen LogP contribution in [0.15, 0.2) is 46.9 Å². The first-order valence-corrected chi connectivity index (χ1v) is 9.15. The maximum absolute atomic E-state index is 5.68. The summed E-state index contributed by atoms with van der Waals surface area (Å²) < 4.78 is 7.35. The van der Waals surface area contributed by atoms with Crippen molar-refractivity contribution >= 4 is 17.9 Å². The molecule has 0 aliphatic carbocycles. The summed E-state index contributed by atoms with van der Waals surface area (Å²) in [6, 6.07) is 14.6. The molecule has 5 heteroatoms. The van der Waals surface area contributed by atoms with E-state index in [4.69, 9.17) is 16.6 Å². The van der Waals surface area contributed by atoms with E-state index in [1.54, 1.807) is 4.68 Å². The molecule has 0 atom stereocenters. The van der Waals surface area contributed by atoms with Gasteiger partial charge in [-0.1, -0.05) is 39.0 Å². The Morgan fingerprint density at radius 1 is 1.04 bits per heavy atom. The van der Waals surface area contributed by atoms with E-state index in [0.29, 0.717) is 17.4 Å². The summed E-state index contributed by atoms with van der Waals surface area (Å²) >= 11 is 5.31. The zero-order valence-electron chi connectivity index (χ0n) is 16.0. The normalized spacial score (nSPS) is 11.6. The number of rotatable bonds is 4. The molecule has 3 rings (SSSR count). The van der Waals surface area contributed by atoms with E-state index in [1.807, 2.05) is 12.1 Å². The Kier molecular flexibility index (Phi) is 5.01. The molecule has 0 saturated carbocycles. The molecule has 4 nitrogen and oxygen atoms in total. The van der Waals surface area contributed by atoms with Crippen LogP contribution in [0, 0.1) is 18.7 Å². The fraction of sp³-hybridized carbons (Fsp3) is 0.333. The first kappa shape index (κ1) is 18.4. The van der Waals surface area contributed by atoms with Gasteiger partial charge in [-0.15, -0.1) is 5.10 Å². The zero-order chi connectivity index (χ0) is 18.9. The molecule has 0 amide bonds. The van der Waals surface area contributed by atoms with Crippen molar-refractivity contribution in [2.24, 2.45) is 0 Å². The Balaban J connectivity index is 1.76. The van der Waals surface area contributed by atoms with Crippen molar-refractivity contribution in [1.29, 1.82) is 0 Å². The van der Waals surface area contributed by atoms with Crippen LogP contribution >= 0.6 is 12.2 Å². The Morgan fingerprint density at radius 3 is 2.35 bits per heavy atom. The van der Waals surface area contributed by atoms with E-state index in [9.17, 15) is 0 Å². The molecular formula is C21H25N3OS. The summed E-state index contributed by atoms with van der Waals surface area (Å²) in [6.07, 6.45) is 0. The Hall–Kier alpha value is -2.40. The van der Waals surface area contributed by atoms with Crippen LogP contribution in [-0.4, -0.2) is 9.78 Å². The summed E-state index contributed by atoms with van der Waals surface area (Å²) in [6.45, 7) is 11.2. The van der Waals surface area contributed by atoms with Crippen molar-refractivity contribution in [2.75, 3.05) is 5.32 Å². The van der Waals surface area contributed by atoms with Crippen LogP contribution in [0.2, 0.25) is 0 Å². The summed E-state index contributed by atoms with van der Waals surface area (Å²) in [4.78, 5) is 0.358. The van der Waals surface area contributed by atoms with E-state index >= 15 is 0 Å². The molecule has 1 heterocycles. The summed E-state index contributed by atoms with van der Waals surface area (Å²) in [7, 11) is 0. The van der Waals surface area contributed by atoms with Gasteiger partial charge in [-0.05, 0) is 72.4 Å². The second-order valence-corrected chi connectivity index (χ2v) is 7.98. The molecule has 0 unspecified atom stereocenters. The van der Waals surface area contributed by atoms with Gasteiger partial charge in [-0.25, -0.2) is 4.68 Å². The van der Waals surface area contributed by atoms with E-state index < -0.39 is 0 Å². The van der Waals surface area contributed by atoms with Gasteiger partial charge in [0.2, 0.25) is 5.89 Å². The van der Waals surface area contributed by atoms with Gasteiger partial charge >= 0.3 is 0 Å². The SMILES string of the molecule is Cc1ccc(NCn2nc(-c3ccc(C(C)(C)C)cc3)oc2=S)cc1C. The number of nitrogens with one attached hydrogen (secondary N) is 1. The number of aromatic nitrogens is 2. The van der Waals surface area contributed by atoms with Gasteiger partial charge in [-0.2, -0.15) is 0 Å². The van der Waals surface area contributed by atoms with Gasteiger partial charge in [0.25, 0.3) is 4.84 Å². The van der Waals surface area contributed by atoms with Crippen molar-refractivity contribution in [3.63, 3.8) is 0 Å². The number of aryl methyl sites for hydroxylation is 2. The molecular weight excluding hydrogens is 342 g/mol. The third kappa shape index (κ3) is 4.05. The lowest BCUT2D eigenvalue weighted by atomic mass is 9.87. The average Bonchev–Trinajstić information content (AvgIpc) is 2.96. The van der Waals surface area contributed by atoms with Crippen molar-refractivity contribution < 1.29 is 4.42 Å². The Morgan fingerprint density at radius 2 is 1.73 bits per heavy atom. The van der Waals surface area contributed by atoms with Crippen LogP contribution in [0.1, 0.15) is 37.5 Å². The molecule has 0 fully saturated rings. The molecule has 0 saturated heterocycles. The molecule has 26 heavy (non-hydrogen) atoms. The number of anilines is 1. The van der Waals surface area contributed by atoms with Crippen LogP contribution in [0.5, 0.6) is 0 Å². The van der Waals surface area contributed by atoms with E-state index in [0.717, 1.165) is 11.3 Å². The lowest BCUT2D eigenvalue weighted by Gasteiger charge is -2.18. The van der Waals surface area contributed by atoms with Crippen molar-refractivity contribution in [3.05, 3.63) is 64.0 Å². The van der Waals surface area contributed by atoms with Crippen molar-refractivity contribution in [3.8, 4) is 11.5 Å². The topological polar surface area (TPSA) is 43.0 Å². The van der Waals surface area contributed by atoms with Crippen LogP contribution in [-0.2, 0) is 12.1 Å². The third-order valence-corrected chi connectivity index (χ3v) is 4.84. The van der Waals surface area contributed by atoms with Crippen LogP contribution < -0.4 is 5.32 Å². The first-order chi connectivity index (χ1) is 12.2. The van der Waals surface area contributed by atoms with Gasteiger partial charge in [0, 0.05) is 11.3 Å². The Bertz CT molecular complexity index is 962. The second kappa shape index (κ2) is 7.08. The fourth-order valence-electron chi connectivity index (χ4n) is 2.65. The highest BCUT2D eigenvalue weighted by Crippen LogP contribution is 2.25. The maximum Gasteiger partial charge on any atom is 0.289 e. The molecule has 0 aliphatic heterocycles. The third-order valence-electron chi connectivity index (χ3n) is 4.54. The summed E-state index contributed by atoms with van der Waals surface area (Å²) in [5.41, 5.74) is 5.88. The molecule has 3 aromatic rings. The largest absolute Gasteiger partial charge is 0.409 e. The first-order valence-electron chi connectivity index (χ1n) is 8.74. The standard InChI is InChI=1S/C21H25N3OS/c1-14-6-11-18(12-15(14)2)22-13-24-20(26)25-19(23-24)16-7-9-17(10-8-16)21(3,4)5/h6-12,22H,13H2,1-5H3. The molecule has 2 aromatic carbocycles. The molecule has 136 valence electrons. The minimum absolute atomic E-state index is 0.119. The van der Waals surface area contributed by atoms with E-state index in [2.05, 4.69) is 75.4 Å². The molecule has 0 aliphatic rings. The summed E-state index contributed by atoms with van der Waals surface area (Å²) in [5.74, 6) is 0.539.